The number of piperidine rings is 1. The van der Waals surface area contributed by atoms with Gasteiger partial charge in [0.2, 0.25) is 0 Å². The third-order valence-electron chi connectivity index (χ3n) is 13.9. The van der Waals surface area contributed by atoms with Crippen LogP contribution >= 0.6 is 0 Å². The van der Waals surface area contributed by atoms with Crippen molar-refractivity contribution in [2.24, 2.45) is 23.5 Å². The Morgan fingerprint density at radius 3 is 2.25 bits per heavy atom. The molecule has 57 heavy (non-hydrogen) atoms. The molecular formula is C43H59FN6O6S. The van der Waals surface area contributed by atoms with Crippen molar-refractivity contribution >= 4 is 27.5 Å². The molecule has 0 unspecified atom stereocenters. The largest absolute Gasteiger partial charge is 0.446 e. The Balaban J connectivity index is 0.842. The number of nitrogens with two attached hydrogens (primary N) is 1. The van der Waals surface area contributed by atoms with E-state index in [1.54, 1.807) is 23.1 Å². The van der Waals surface area contributed by atoms with Gasteiger partial charge in [0.25, 0.3) is 5.91 Å². The molecule has 0 aromatic heterocycles. The fourth-order valence-electron chi connectivity index (χ4n) is 10.6. The molecule has 0 spiro atoms. The molecule has 14 heteroatoms. The van der Waals surface area contributed by atoms with Crippen LogP contribution in [0, 0.1) is 23.6 Å². The van der Waals surface area contributed by atoms with Gasteiger partial charge in [-0.05, 0) is 113 Å². The molecule has 310 valence electrons. The number of benzene rings is 2. The first-order valence-electron chi connectivity index (χ1n) is 21.0. The smallest absolute Gasteiger partial charge is 0.404 e. The molecule has 2 N–H and O–H groups in total. The molecule has 1 saturated carbocycles. The summed E-state index contributed by atoms with van der Waals surface area (Å²) in [5, 5.41) is -0.612. The number of morpholine rings is 1. The molecule has 5 saturated heterocycles. The Morgan fingerprint density at radius 1 is 0.877 bits per heavy atom. The summed E-state index contributed by atoms with van der Waals surface area (Å²) in [4.78, 5) is 36.3. The fraction of sp³-hybridized carbons (Fsp3) is 0.628. The maximum absolute atomic E-state index is 15.0. The van der Waals surface area contributed by atoms with E-state index in [0.29, 0.717) is 42.1 Å². The molecule has 8 rings (SSSR count). The lowest BCUT2D eigenvalue weighted by Crippen LogP contribution is -2.58. The molecule has 1 aliphatic carbocycles. The predicted molar refractivity (Wildman–Crippen MR) is 216 cm³/mol. The van der Waals surface area contributed by atoms with Crippen LogP contribution in [0.25, 0.3) is 0 Å². The minimum Gasteiger partial charge on any atom is -0.446 e. The highest BCUT2D eigenvalue weighted by molar-refractivity contribution is 7.92. The van der Waals surface area contributed by atoms with Gasteiger partial charge in [-0.3, -0.25) is 9.69 Å². The molecule has 0 radical (unpaired) electrons. The van der Waals surface area contributed by atoms with Crippen LogP contribution in [-0.2, 0) is 29.5 Å². The summed E-state index contributed by atoms with van der Waals surface area (Å²) in [7, 11) is -3.56. The molecule has 5 heterocycles. The van der Waals surface area contributed by atoms with E-state index >= 15 is 0 Å². The van der Waals surface area contributed by atoms with Crippen molar-refractivity contribution in [1.82, 2.24) is 19.6 Å². The van der Waals surface area contributed by atoms with Gasteiger partial charge in [0.05, 0.1) is 18.1 Å². The van der Waals surface area contributed by atoms with Crippen LogP contribution in [0.2, 0.25) is 0 Å². The quantitative estimate of drug-likeness (QED) is 0.282. The van der Waals surface area contributed by atoms with E-state index in [0.717, 1.165) is 109 Å². The molecule has 2 amide bonds. The van der Waals surface area contributed by atoms with Gasteiger partial charge in [-0.25, -0.2) is 17.6 Å². The van der Waals surface area contributed by atoms with E-state index in [4.69, 9.17) is 15.2 Å². The van der Waals surface area contributed by atoms with Crippen molar-refractivity contribution < 1.29 is 31.9 Å². The van der Waals surface area contributed by atoms with Crippen LogP contribution in [0.1, 0.15) is 44.1 Å². The van der Waals surface area contributed by atoms with Gasteiger partial charge in [0.15, 0.2) is 9.84 Å². The van der Waals surface area contributed by atoms with Crippen molar-refractivity contribution in [1.29, 1.82) is 0 Å². The van der Waals surface area contributed by atoms with Crippen LogP contribution in [0.4, 0.5) is 14.9 Å². The molecule has 3 atom stereocenters. The molecule has 2 aromatic carbocycles. The number of ether oxygens (including phenoxy) is 2. The molecule has 5 aliphatic heterocycles. The van der Waals surface area contributed by atoms with E-state index in [9.17, 15) is 22.4 Å². The highest BCUT2D eigenvalue weighted by Crippen LogP contribution is 2.52. The van der Waals surface area contributed by atoms with E-state index in [-0.39, 0.29) is 42.3 Å². The maximum atomic E-state index is 15.0. The first-order valence-corrected chi connectivity index (χ1v) is 22.6. The molecule has 12 nitrogen and oxygen atoms in total. The van der Waals surface area contributed by atoms with Crippen molar-refractivity contribution in [2.75, 3.05) is 103 Å². The standard InChI is InChI=1S/C43H59FN6O6S/c1-31(24-47-19-21-55-22-20-47)41(51)50-28-38(29-50)57(53,54)37-11-9-36(10-12-37)49-26-32(27-49)25-46-17-13-33(14-18-46)43(30-48-15-4-16-48,34-5-2-6-35(44)23-34)39-7-3-8-40(39)56-42(45)52/h2,5-6,9-12,23,32-33,38-40H,1,3-4,7-8,13-22,24-30H2,(H2,45,52)/t39-,40-,43-/m0/s1. The number of rotatable bonds is 14. The van der Waals surface area contributed by atoms with Crippen LogP contribution in [-0.4, -0.2) is 150 Å². The number of hydrogen-bond donors (Lipinski definition) is 1. The second kappa shape index (κ2) is 17.0. The molecule has 0 bridgehead atoms. The van der Waals surface area contributed by atoms with E-state index in [1.165, 1.54) is 12.5 Å². The third-order valence-corrected chi connectivity index (χ3v) is 16.0. The Kier molecular flexibility index (Phi) is 12.0. The summed E-state index contributed by atoms with van der Waals surface area (Å²) in [6.45, 7) is 15.3. The Morgan fingerprint density at radius 2 is 1.60 bits per heavy atom. The van der Waals surface area contributed by atoms with Crippen LogP contribution in [0.15, 0.2) is 65.6 Å². The van der Waals surface area contributed by atoms with E-state index < -0.39 is 21.2 Å². The minimum absolute atomic E-state index is 0.0781. The normalized spacial score (nSPS) is 25.6. The molecule has 6 fully saturated rings. The monoisotopic (exact) mass is 806 g/mol. The van der Waals surface area contributed by atoms with Crippen LogP contribution < -0.4 is 10.6 Å². The van der Waals surface area contributed by atoms with Crippen molar-refractivity contribution in [3.8, 4) is 0 Å². The second-order valence-corrected chi connectivity index (χ2v) is 19.6. The van der Waals surface area contributed by atoms with E-state index in [2.05, 4.69) is 32.2 Å². The average molecular weight is 807 g/mol. The van der Waals surface area contributed by atoms with Crippen LogP contribution in [0.5, 0.6) is 0 Å². The Bertz CT molecular complexity index is 1870. The summed E-state index contributed by atoms with van der Waals surface area (Å²) in [6.07, 6.45) is 4.84. The SMILES string of the molecule is C=C(CN1CCOCC1)C(=O)N1CC(S(=O)(=O)c2ccc(N3CC(CN4CCC([C@@](CN5CCC5)(c5cccc(F)c5)[C@H]5CCC[C@@H]5OC(N)=O)CC4)C3)cc2)C1. The Hall–Kier alpha value is -3.56. The highest BCUT2D eigenvalue weighted by atomic mass is 32.2. The van der Waals surface area contributed by atoms with Gasteiger partial charge in [-0.1, -0.05) is 18.7 Å². The molecular weight excluding hydrogens is 748 g/mol. The summed E-state index contributed by atoms with van der Waals surface area (Å²) in [6, 6.07) is 14.4. The van der Waals surface area contributed by atoms with Crippen molar-refractivity contribution in [2.45, 2.75) is 60.2 Å². The topological polar surface area (TPSA) is 129 Å². The summed E-state index contributed by atoms with van der Waals surface area (Å²) in [5.74, 6) is 0.505. The van der Waals surface area contributed by atoms with Gasteiger partial charge in [0.1, 0.15) is 17.2 Å². The minimum atomic E-state index is -3.56. The predicted octanol–water partition coefficient (Wildman–Crippen LogP) is 3.75. The van der Waals surface area contributed by atoms with Gasteiger partial charge >= 0.3 is 6.09 Å². The maximum Gasteiger partial charge on any atom is 0.404 e. The number of amides is 2. The lowest BCUT2D eigenvalue weighted by atomic mass is 9.58. The number of primary amides is 1. The zero-order chi connectivity index (χ0) is 39.7. The zero-order valence-corrected chi connectivity index (χ0v) is 33.9. The third kappa shape index (κ3) is 8.48. The number of halogens is 1. The number of carbonyl (C=O) groups is 2. The van der Waals surface area contributed by atoms with Crippen molar-refractivity contribution in [3.05, 3.63) is 72.1 Å². The first-order chi connectivity index (χ1) is 27.5. The summed E-state index contributed by atoms with van der Waals surface area (Å²) >= 11 is 0. The number of hydrogen-bond acceptors (Lipinski definition) is 10. The second-order valence-electron chi connectivity index (χ2n) is 17.4. The number of nitrogens with zero attached hydrogens (tertiary/aromatic N) is 5. The molecule has 2 aromatic rings. The fourth-order valence-corrected chi connectivity index (χ4v) is 12.3. The lowest BCUT2D eigenvalue weighted by molar-refractivity contribution is -0.130. The van der Waals surface area contributed by atoms with E-state index in [1.807, 2.05) is 18.2 Å². The number of anilines is 1. The zero-order valence-electron chi connectivity index (χ0n) is 33.1. The first kappa shape index (κ1) is 40.2. The highest BCUT2D eigenvalue weighted by Gasteiger charge is 2.54. The number of sulfone groups is 1. The average Bonchev–Trinajstić information content (AvgIpc) is 3.60. The van der Waals surface area contributed by atoms with Gasteiger partial charge in [-0.2, -0.15) is 0 Å². The van der Waals surface area contributed by atoms with Crippen LogP contribution in [0.3, 0.4) is 0 Å². The number of likely N-dealkylation sites (tertiary alicyclic amines) is 3. The van der Waals surface area contributed by atoms with Gasteiger partial charge < -0.3 is 34.8 Å². The Labute approximate surface area is 337 Å². The van der Waals surface area contributed by atoms with Gasteiger partial charge in [0, 0.05) is 87.4 Å². The number of carbonyl (C=O) groups excluding carboxylic acids is 2. The van der Waals surface area contributed by atoms with Gasteiger partial charge in [-0.15, -0.1) is 0 Å². The summed E-state index contributed by atoms with van der Waals surface area (Å²) < 4.78 is 53.0. The van der Waals surface area contributed by atoms with Crippen molar-refractivity contribution in [3.63, 3.8) is 0 Å². The summed E-state index contributed by atoms with van der Waals surface area (Å²) in [5.41, 5.74) is 7.78. The molecule has 6 aliphatic rings. The lowest BCUT2D eigenvalue weighted by Gasteiger charge is -2.53.